The Morgan fingerprint density at radius 3 is 3.05 bits per heavy atom. The maximum absolute atomic E-state index is 5.51. The van der Waals surface area contributed by atoms with Crippen LogP contribution in [0.3, 0.4) is 0 Å². The summed E-state index contributed by atoms with van der Waals surface area (Å²) in [5.41, 5.74) is 3.61. The monoisotopic (exact) mass is 271 g/mol. The molecule has 2 bridgehead atoms. The summed E-state index contributed by atoms with van der Waals surface area (Å²) >= 11 is 0. The average Bonchev–Trinajstić information content (AvgIpc) is 2.46. The van der Waals surface area contributed by atoms with Gasteiger partial charge in [0.05, 0.1) is 7.11 Å². The topological polar surface area (TPSA) is 21.3 Å². The Morgan fingerprint density at radius 2 is 2.20 bits per heavy atom. The third kappa shape index (κ3) is 1.67. The van der Waals surface area contributed by atoms with Crippen LogP contribution in [0.5, 0.6) is 5.75 Å². The van der Waals surface area contributed by atoms with E-state index in [1.165, 1.54) is 38.6 Å². The first-order valence-corrected chi connectivity index (χ1v) is 8.14. The summed E-state index contributed by atoms with van der Waals surface area (Å²) in [5.74, 6) is 2.74. The predicted molar refractivity (Wildman–Crippen MR) is 81.3 cm³/mol. The number of ether oxygens (including phenoxy) is 1. The van der Waals surface area contributed by atoms with Crippen LogP contribution in [0.4, 0.5) is 0 Å². The lowest BCUT2D eigenvalue weighted by Gasteiger charge is -2.57. The first-order valence-electron chi connectivity index (χ1n) is 8.14. The first kappa shape index (κ1) is 12.7. The number of hydrogen-bond acceptors (Lipinski definition) is 2. The molecule has 2 nitrogen and oxygen atoms in total. The van der Waals surface area contributed by atoms with Crippen molar-refractivity contribution >= 4 is 0 Å². The minimum absolute atomic E-state index is 0.426. The van der Waals surface area contributed by atoms with E-state index in [1.54, 1.807) is 18.2 Å². The number of benzene rings is 1. The zero-order valence-corrected chi connectivity index (χ0v) is 12.6. The fourth-order valence-corrected chi connectivity index (χ4v) is 5.33. The van der Waals surface area contributed by atoms with Gasteiger partial charge in [-0.1, -0.05) is 19.4 Å². The summed E-state index contributed by atoms with van der Waals surface area (Å²) in [4.78, 5) is 0. The summed E-state index contributed by atoms with van der Waals surface area (Å²) < 4.78 is 5.51. The molecule has 0 radical (unpaired) electrons. The maximum Gasteiger partial charge on any atom is 0.119 e. The van der Waals surface area contributed by atoms with Gasteiger partial charge in [-0.05, 0) is 67.3 Å². The Bertz CT molecular complexity index is 526. The number of nitrogens with one attached hydrogen (secondary N) is 1. The van der Waals surface area contributed by atoms with Crippen molar-refractivity contribution in [3.63, 3.8) is 0 Å². The first-order chi connectivity index (χ1) is 9.73. The molecule has 1 unspecified atom stereocenters. The van der Waals surface area contributed by atoms with Gasteiger partial charge >= 0.3 is 0 Å². The average molecular weight is 271 g/mol. The smallest absolute Gasteiger partial charge is 0.119 e. The third-order valence-electron chi connectivity index (χ3n) is 6.15. The molecule has 20 heavy (non-hydrogen) atoms. The molecule has 4 rings (SSSR count). The molecular formula is C18H25NO. The van der Waals surface area contributed by atoms with Crippen LogP contribution in [0.15, 0.2) is 18.2 Å². The Kier molecular flexibility index (Phi) is 2.85. The van der Waals surface area contributed by atoms with Crippen molar-refractivity contribution in [2.75, 3.05) is 13.7 Å². The molecule has 108 valence electrons. The molecule has 1 aromatic rings. The van der Waals surface area contributed by atoms with E-state index in [1.807, 2.05) is 0 Å². The van der Waals surface area contributed by atoms with Crippen LogP contribution < -0.4 is 10.1 Å². The summed E-state index contributed by atoms with van der Waals surface area (Å²) in [5, 5.41) is 3.80. The van der Waals surface area contributed by atoms with Crippen molar-refractivity contribution < 1.29 is 4.74 Å². The molecule has 2 heteroatoms. The molecule has 1 heterocycles. The Morgan fingerprint density at radius 1 is 1.30 bits per heavy atom. The van der Waals surface area contributed by atoms with E-state index in [4.69, 9.17) is 4.74 Å². The molecule has 1 aliphatic heterocycles. The largest absolute Gasteiger partial charge is 0.497 e. The number of piperidine rings is 1. The normalized spacial score (nSPS) is 38.8. The van der Waals surface area contributed by atoms with Crippen LogP contribution >= 0.6 is 0 Å². The predicted octanol–water partition coefficient (Wildman–Crippen LogP) is 3.29. The molecule has 1 aromatic carbocycles. The summed E-state index contributed by atoms with van der Waals surface area (Å²) in [6.07, 6.45) is 6.69. The van der Waals surface area contributed by atoms with E-state index in [0.29, 0.717) is 11.5 Å². The highest BCUT2D eigenvalue weighted by atomic mass is 16.5. The van der Waals surface area contributed by atoms with E-state index < -0.39 is 0 Å². The summed E-state index contributed by atoms with van der Waals surface area (Å²) in [6.45, 7) is 3.63. The van der Waals surface area contributed by atoms with E-state index in [2.05, 4.69) is 30.4 Å². The van der Waals surface area contributed by atoms with Crippen LogP contribution in [0, 0.1) is 11.8 Å². The second-order valence-corrected chi connectivity index (χ2v) is 7.19. The molecule has 1 N–H and O–H groups in total. The van der Waals surface area contributed by atoms with E-state index >= 15 is 0 Å². The van der Waals surface area contributed by atoms with Gasteiger partial charge in [-0.15, -0.1) is 0 Å². The molecule has 4 atom stereocenters. The van der Waals surface area contributed by atoms with Crippen molar-refractivity contribution in [2.45, 2.75) is 50.5 Å². The zero-order valence-electron chi connectivity index (χ0n) is 12.6. The van der Waals surface area contributed by atoms with Gasteiger partial charge < -0.3 is 10.1 Å². The Labute approximate surface area is 121 Å². The number of rotatable bonds is 1. The molecule has 3 aliphatic rings. The Balaban J connectivity index is 1.87. The van der Waals surface area contributed by atoms with Crippen LogP contribution in [0.2, 0.25) is 0 Å². The SMILES string of the molecule is COc1ccc2c(c1)[C@]13CCN[C@H](C2)[C@@H]1CCC(C)C3. The van der Waals surface area contributed by atoms with Gasteiger partial charge in [-0.2, -0.15) is 0 Å². The van der Waals surface area contributed by atoms with Crippen LogP contribution in [-0.4, -0.2) is 19.7 Å². The van der Waals surface area contributed by atoms with Crippen molar-refractivity contribution in [3.05, 3.63) is 29.3 Å². The minimum atomic E-state index is 0.426. The van der Waals surface area contributed by atoms with Gasteiger partial charge in [-0.3, -0.25) is 0 Å². The molecule has 0 spiro atoms. The number of methoxy groups -OCH3 is 1. The fourth-order valence-electron chi connectivity index (χ4n) is 5.33. The van der Waals surface area contributed by atoms with Gasteiger partial charge in [-0.25, -0.2) is 0 Å². The molecule has 0 aromatic heterocycles. The third-order valence-corrected chi connectivity index (χ3v) is 6.15. The van der Waals surface area contributed by atoms with Gasteiger partial charge in [0.1, 0.15) is 5.75 Å². The lowest BCUT2D eigenvalue weighted by molar-refractivity contribution is 0.0563. The molecular weight excluding hydrogens is 246 g/mol. The van der Waals surface area contributed by atoms with Crippen LogP contribution in [-0.2, 0) is 11.8 Å². The minimum Gasteiger partial charge on any atom is -0.497 e. The highest BCUT2D eigenvalue weighted by molar-refractivity contribution is 5.45. The van der Waals surface area contributed by atoms with Gasteiger partial charge in [0.2, 0.25) is 0 Å². The summed E-state index contributed by atoms with van der Waals surface area (Å²) in [7, 11) is 1.79. The zero-order chi connectivity index (χ0) is 13.7. The van der Waals surface area contributed by atoms with E-state index in [0.717, 1.165) is 17.6 Å². The Hall–Kier alpha value is -1.02. The summed E-state index contributed by atoms with van der Waals surface area (Å²) in [6, 6.07) is 7.50. The van der Waals surface area contributed by atoms with E-state index in [-0.39, 0.29) is 0 Å². The standard InChI is InChI=1S/C18H25NO/c1-12-3-6-15-17-9-13-4-5-14(20-2)10-16(13)18(15,11-12)7-8-19-17/h4-5,10,12,15,17,19H,3,6-9,11H2,1-2H3/t12?,15-,17+,18-/m0/s1. The van der Waals surface area contributed by atoms with Gasteiger partial charge in [0.15, 0.2) is 0 Å². The highest BCUT2D eigenvalue weighted by Crippen LogP contribution is 2.55. The van der Waals surface area contributed by atoms with Gasteiger partial charge in [0, 0.05) is 11.5 Å². The lowest BCUT2D eigenvalue weighted by atomic mass is 9.51. The molecule has 1 saturated carbocycles. The molecule has 1 saturated heterocycles. The van der Waals surface area contributed by atoms with Gasteiger partial charge in [0.25, 0.3) is 0 Å². The molecule has 0 amide bonds. The maximum atomic E-state index is 5.51. The van der Waals surface area contributed by atoms with Crippen LogP contribution in [0.1, 0.15) is 43.7 Å². The van der Waals surface area contributed by atoms with Crippen molar-refractivity contribution in [1.29, 1.82) is 0 Å². The van der Waals surface area contributed by atoms with Crippen molar-refractivity contribution in [2.24, 2.45) is 11.8 Å². The number of hydrogen-bond donors (Lipinski definition) is 1. The lowest BCUT2D eigenvalue weighted by Crippen LogP contribution is -2.60. The highest BCUT2D eigenvalue weighted by Gasteiger charge is 2.52. The molecule has 2 aliphatic carbocycles. The second kappa shape index (κ2) is 4.49. The quantitative estimate of drug-likeness (QED) is 0.846. The van der Waals surface area contributed by atoms with Crippen LogP contribution in [0.25, 0.3) is 0 Å². The fraction of sp³-hybridized carbons (Fsp3) is 0.667. The van der Waals surface area contributed by atoms with E-state index in [9.17, 15) is 0 Å². The molecule has 2 fully saturated rings. The van der Waals surface area contributed by atoms with Crippen molar-refractivity contribution in [3.8, 4) is 5.75 Å². The van der Waals surface area contributed by atoms with Crippen molar-refractivity contribution in [1.82, 2.24) is 5.32 Å². The number of fused-ring (bicyclic) bond motifs is 1. The second-order valence-electron chi connectivity index (χ2n) is 7.19.